The van der Waals surface area contributed by atoms with Gasteiger partial charge in [-0.05, 0) is 12.8 Å². The number of hydrogen-bond acceptors (Lipinski definition) is 2. The Morgan fingerprint density at radius 3 is 2.40 bits per heavy atom. The van der Waals surface area contributed by atoms with Gasteiger partial charge >= 0.3 is 0 Å². The molecule has 2 atom stereocenters. The summed E-state index contributed by atoms with van der Waals surface area (Å²) in [5, 5.41) is 3.26. The molecule has 0 aliphatic carbocycles. The second-order valence-corrected chi connectivity index (χ2v) is 2.81. The molecule has 2 heteroatoms. The van der Waals surface area contributed by atoms with Crippen LogP contribution in [0.5, 0.6) is 0 Å². The van der Waals surface area contributed by atoms with Gasteiger partial charge in [0.05, 0.1) is 6.73 Å². The van der Waals surface area contributed by atoms with E-state index in [0.29, 0.717) is 12.8 Å². The molecule has 1 N–H and O–H groups in total. The summed E-state index contributed by atoms with van der Waals surface area (Å²) in [5.41, 5.74) is 0. The molecule has 0 saturated heterocycles. The molecule has 0 aromatic carbocycles. The van der Waals surface area contributed by atoms with Crippen molar-refractivity contribution in [1.82, 2.24) is 5.32 Å². The summed E-state index contributed by atoms with van der Waals surface area (Å²) in [6, 6.07) is 0.560. The van der Waals surface area contributed by atoms with Crippen molar-refractivity contribution in [2.24, 2.45) is 5.92 Å². The minimum absolute atomic E-state index is 0.560. The molecule has 10 heavy (non-hydrogen) atoms. The van der Waals surface area contributed by atoms with E-state index in [0.717, 1.165) is 5.92 Å². The molecule has 2 nitrogen and oxygen atoms in total. The molecular weight excluding hydrogens is 126 g/mol. The number of rotatable bonds is 5. The van der Waals surface area contributed by atoms with Gasteiger partial charge in [-0.2, -0.15) is 0 Å². The molecule has 62 valence electrons. The highest BCUT2D eigenvalue weighted by atomic mass is 16.5. The van der Waals surface area contributed by atoms with E-state index in [4.69, 9.17) is 4.74 Å². The SMILES string of the molecule is CCC(C)C(C)NCOC. The molecule has 0 bridgehead atoms. The average molecular weight is 145 g/mol. The molecule has 2 unspecified atom stereocenters. The lowest BCUT2D eigenvalue weighted by Gasteiger charge is -2.18. The van der Waals surface area contributed by atoms with Crippen molar-refractivity contribution < 1.29 is 4.74 Å². The van der Waals surface area contributed by atoms with E-state index in [2.05, 4.69) is 26.1 Å². The maximum Gasteiger partial charge on any atom is 0.0963 e. The van der Waals surface area contributed by atoms with Crippen molar-refractivity contribution in [1.29, 1.82) is 0 Å². The van der Waals surface area contributed by atoms with E-state index in [1.54, 1.807) is 7.11 Å². The first-order chi connectivity index (χ1) is 4.72. The predicted octanol–water partition coefficient (Wildman–Crippen LogP) is 1.61. The van der Waals surface area contributed by atoms with Crippen LogP contribution in [0.15, 0.2) is 0 Å². The van der Waals surface area contributed by atoms with Crippen molar-refractivity contribution in [3.8, 4) is 0 Å². The fourth-order valence-electron chi connectivity index (χ4n) is 0.770. The van der Waals surface area contributed by atoms with E-state index in [-0.39, 0.29) is 0 Å². The van der Waals surface area contributed by atoms with Crippen molar-refractivity contribution in [3.63, 3.8) is 0 Å². The fourth-order valence-corrected chi connectivity index (χ4v) is 0.770. The maximum absolute atomic E-state index is 4.90. The van der Waals surface area contributed by atoms with Crippen LogP contribution in [0.25, 0.3) is 0 Å². The first-order valence-corrected chi connectivity index (χ1v) is 3.94. The average Bonchev–Trinajstić information content (AvgIpc) is 1.98. The number of methoxy groups -OCH3 is 1. The summed E-state index contributed by atoms with van der Waals surface area (Å²) in [6.07, 6.45) is 1.22. The van der Waals surface area contributed by atoms with Crippen molar-refractivity contribution in [2.45, 2.75) is 33.2 Å². The molecule has 0 aliphatic heterocycles. The van der Waals surface area contributed by atoms with E-state index in [1.165, 1.54) is 6.42 Å². The first kappa shape index (κ1) is 9.92. The van der Waals surface area contributed by atoms with Crippen LogP contribution in [0.1, 0.15) is 27.2 Å². The Labute approximate surface area is 64.0 Å². The van der Waals surface area contributed by atoms with Gasteiger partial charge in [-0.25, -0.2) is 0 Å². The zero-order chi connectivity index (χ0) is 7.98. The van der Waals surface area contributed by atoms with Crippen LogP contribution in [0.3, 0.4) is 0 Å². The summed E-state index contributed by atoms with van der Waals surface area (Å²) >= 11 is 0. The second-order valence-electron chi connectivity index (χ2n) is 2.81. The van der Waals surface area contributed by atoms with E-state index in [1.807, 2.05) is 0 Å². The van der Waals surface area contributed by atoms with Gasteiger partial charge in [0.15, 0.2) is 0 Å². The third-order valence-electron chi connectivity index (χ3n) is 2.05. The zero-order valence-corrected chi connectivity index (χ0v) is 7.48. The topological polar surface area (TPSA) is 21.3 Å². The number of nitrogens with one attached hydrogen (secondary N) is 1. The quantitative estimate of drug-likeness (QED) is 0.593. The highest BCUT2D eigenvalue weighted by Crippen LogP contribution is 2.05. The van der Waals surface area contributed by atoms with Crippen molar-refractivity contribution in [2.75, 3.05) is 13.8 Å². The molecule has 0 aromatic rings. The third-order valence-corrected chi connectivity index (χ3v) is 2.05. The van der Waals surface area contributed by atoms with Crippen LogP contribution in [0, 0.1) is 5.92 Å². The molecule has 0 amide bonds. The molecule has 0 spiro atoms. The minimum atomic E-state index is 0.560. The number of hydrogen-bond donors (Lipinski definition) is 1. The largest absolute Gasteiger partial charge is 0.370 e. The summed E-state index contributed by atoms with van der Waals surface area (Å²) in [6.45, 7) is 7.29. The molecule has 0 rings (SSSR count). The minimum Gasteiger partial charge on any atom is -0.370 e. The van der Waals surface area contributed by atoms with Gasteiger partial charge in [-0.3, -0.25) is 5.32 Å². The van der Waals surface area contributed by atoms with Gasteiger partial charge < -0.3 is 4.74 Å². The third kappa shape index (κ3) is 3.85. The Balaban J connectivity index is 3.31. The normalized spacial score (nSPS) is 16.8. The zero-order valence-electron chi connectivity index (χ0n) is 7.48. The van der Waals surface area contributed by atoms with Crippen LogP contribution in [-0.4, -0.2) is 19.9 Å². The molecule has 0 aliphatic rings. The van der Waals surface area contributed by atoms with Gasteiger partial charge in [0, 0.05) is 13.2 Å². The van der Waals surface area contributed by atoms with Gasteiger partial charge in [-0.1, -0.05) is 20.3 Å². The van der Waals surface area contributed by atoms with Crippen LogP contribution in [-0.2, 0) is 4.74 Å². The Morgan fingerprint density at radius 2 is 2.00 bits per heavy atom. The Bertz CT molecular complexity index is 75.7. The van der Waals surface area contributed by atoms with Gasteiger partial charge in [-0.15, -0.1) is 0 Å². The summed E-state index contributed by atoms with van der Waals surface area (Å²) in [5.74, 6) is 0.732. The molecule has 0 fully saturated rings. The highest BCUT2D eigenvalue weighted by Gasteiger charge is 2.07. The van der Waals surface area contributed by atoms with Crippen LogP contribution < -0.4 is 5.32 Å². The summed E-state index contributed by atoms with van der Waals surface area (Å²) in [7, 11) is 1.70. The van der Waals surface area contributed by atoms with Gasteiger partial charge in [0.2, 0.25) is 0 Å². The van der Waals surface area contributed by atoms with Crippen LogP contribution in [0.2, 0.25) is 0 Å². The number of ether oxygens (including phenoxy) is 1. The highest BCUT2D eigenvalue weighted by molar-refractivity contribution is 4.64. The lowest BCUT2D eigenvalue weighted by Crippen LogP contribution is -2.33. The lowest BCUT2D eigenvalue weighted by atomic mass is 10.0. The first-order valence-electron chi connectivity index (χ1n) is 3.94. The molecular formula is C8H19NO. The predicted molar refractivity (Wildman–Crippen MR) is 43.9 cm³/mol. The van der Waals surface area contributed by atoms with E-state index in [9.17, 15) is 0 Å². The Kier molecular flexibility index (Phi) is 5.64. The molecule has 0 saturated carbocycles. The fraction of sp³-hybridized carbons (Fsp3) is 1.00. The Morgan fingerprint density at radius 1 is 1.40 bits per heavy atom. The maximum atomic E-state index is 4.90. The van der Waals surface area contributed by atoms with E-state index < -0.39 is 0 Å². The van der Waals surface area contributed by atoms with E-state index >= 15 is 0 Å². The van der Waals surface area contributed by atoms with Crippen LogP contribution >= 0.6 is 0 Å². The van der Waals surface area contributed by atoms with Crippen LogP contribution in [0.4, 0.5) is 0 Å². The monoisotopic (exact) mass is 145 g/mol. The second kappa shape index (κ2) is 5.69. The molecule has 0 aromatic heterocycles. The van der Waals surface area contributed by atoms with Crippen molar-refractivity contribution in [3.05, 3.63) is 0 Å². The smallest absolute Gasteiger partial charge is 0.0963 e. The molecule has 0 radical (unpaired) electrons. The Hall–Kier alpha value is -0.0800. The van der Waals surface area contributed by atoms with Gasteiger partial charge in [0.1, 0.15) is 0 Å². The molecule has 0 heterocycles. The summed E-state index contributed by atoms with van der Waals surface area (Å²) < 4.78 is 4.90. The standard InChI is InChI=1S/C8H19NO/c1-5-7(2)8(3)9-6-10-4/h7-9H,5-6H2,1-4H3. The van der Waals surface area contributed by atoms with Gasteiger partial charge in [0.25, 0.3) is 0 Å². The summed E-state index contributed by atoms with van der Waals surface area (Å²) in [4.78, 5) is 0. The lowest BCUT2D eigenvalue weighted by molar-refractivity contribution is 0.155. The van der Waals surface area contributed by atoms with Crippen molar-refractivity contribution >= 4 is 0 Å².